The molecule has 39 heteroatoms. The van der Waals surface area contributed by atoms with Crippen LogP contribution in [0.2, 0.25) is 0 Å². The molecule has 4 aliphatic carbocycles. The summed E-state index contributed by atoms with van der Waals surface area (Å²) >= 11 is 0. The molecule has 604 valence electrons. The molecule has 4 saturated carbocycles. The monoisotopic (exact) mass is 1580 g/mol. The minimum Gasteiger partial charge on any atom is -0.504 e. The number of benzene rings is 5. The van der Waals surface area contributed by atoms with E-state index in [2.05, 4.69) is 0 Å². The number of esters is 5. The molecule has 39 nitrogen and oxygen atoms in total. The zero-order chi connectivity index (χ0) is 83.7. The number of carbonyl (C=O) groups is 9. The molecule has 4 fully saturated rings. The van der Waals surface area contributed by atoms with Gasteiger partial charge in [-0.15, -0.1) is 0 Å². The third-order valence-corrected chi connectivity index (χ3v) is 17.4. The van der Waals surface area contributed by atoms with Gasteiger partial charge in [-0.25, -0.2) is 43.2 Å². The van der Waals surface area contributed by atoms with Crippen LogP contribution in [0.5, 0.6) is 57.5 Å². The summed E-state index contributed by atoms with van der Waals surface area (Å²) in [7, 11) is 0. The lowest BCUT2D eigenvalue weighted by atomic mass is 9.79. The molecule has 0 aliphatic heterocycles. The van der Waals surface area contributed by atoms with Gasteiger partial charge in [-0.2, -0.15) is 0 Å². The maximum absolute atomic E-state index is 12.4. The number of aromatic hydroxyl groups is 10. The molecule has 14 atom stereocenters. The largest absolute Gasteiger partial charge is 0.504 e. The third kappa shape index (κ3) is 24.0. The van der Waals surface area contributed by atoms with E-state index in [4.69, 9.17) is 39.0 Å². The molecule has 9 rings (SSSR count). The molecule has 4 aliphatic rings. The molecular weight excluding hydrogens is 1500 g/mol. The Morgan fingerprint density at radius 3 is 0.777 bits per heavy atom. The first-order valence-electron chi connectivity index (χ1n) is 32.9. The number of phenolic OH excluding ortho intramolecular Hbond substituents is 10. The van der Waals surface area contributed by atoms with Gasteiger partial charge in [0.15, 0.2) is 80.4 Å². The first-order valence-corrected chi connectivity index (χ1v) is 32.9. The van der Waals surface area contributed by atoms with Crippen molar-refractivity contribution in [1.82, 2.24) is 0 Å². The highest BCUT2D eigenvalue weighted by atomic mass is 16.6. The van der Waals surface area contributed by atoms with Crippen molar-refractivity contribution in [3.8, 4) is 57.5 Å². The zero-order valence-corrected chi connectivity index (χ0v) is 57.9. The van der Waals surface area contributed by atoms with Crippen LogP contribution < -0.4 is 0 Å². The van der Waals surface area contributed by atoms with E-state index in [1.165, 1.54) is 115 Å². The molecule has 0 spiro atoms. The van der Waals surface area contributed by atoms with Gasteiger partial charge in [-0.05, 0) is 119 Å². The maximum atomic E-state index is 12.4. The maximum Gasteiger partial charge on any atom is 0.348 e. The molecule has 5 aromatic carbocycles. The normalized spacial score (nSPS) is 27.6. The Morgan fingerprint density at radius 2 is 0.518 bits per heavy atom. The van der Waals surface area contributed by atoms with Crippen molar-refractivity contribution in [2.24, 2.45) is 0 Å². The van der Waals surface area contributed by atoms with Gasteiger partial charge in [0.25, 0.3) is 0 Å². The molecule has 0 unspecified atom stereocenters. The second kappa shape index (κ2) is 37.8. The third-order valence-electron chi connectivity index (χ3n) is 17.4. The van der Waals surface area contributed by atoms with Crippen molar-refractivity contribution in [1.29, 1.82) is 0 Å². The second-order valence-electron chi connectivity index (χ2n) is 25.9. The van der Waals surface area contributed by atoms with E-state index >= 15 is 0 Å². The number of carboxylic acids is 4. The lowest BCUT2D eigenvalue weighted by molar-refractivity contribution is -0.207. The van der Waals surface area contributed by atoms with E-state index in [0.717, 1.165) is 36.4 Å². The smallest absolute Gasteiger partial charge is 0.348 e. The van der Waals surface area contributed by atoms with Crippen LogP contribution in [0, 0.1) is 0 Å². The minimum atomic E-state index is -2.34. The molecule has 0 saturated heterocycles. The van der Waals surface area contributed by atoms with E-state index in [0.29, 0.717) is 22.3 Å². The summed E-state index contributed by atoms with van der Waals surface area (Å²) in [5.41, 5.74) is -7.51. The van der Waals surface area contributed by atoms with Gasteiger partial charge in [-0.3, -0.25) is 0 Å². The highest BCUT2D eigenvalue weighted by molar-refractivity contribution is 5.92. The van der Waals surface area contributed by atoms with Crippen LogP contribution in [0.3, 0.4) is 0 Å². The summed E-state index contributed by atoms with van der Waals surface area (Å²) in [6, 6.07) is 19.0. The van der Waals surface area contributed by atoms with E-state index < -0.39 is 212 Å². The van der Waals surface area contributed by atoms with E-state index in [1.54, 1.807) is 0 Å². The first kappa shape index (κ1) is 88.5. The summed E-state index contributed by atoms with van der Waals surface area (Å²) in [6.07, 6.45) is -12.4. The lowest BCUT2D eigenvalue weighted by Gasteiger charge is -2.41. The fourth-order valence-electron chi connectivity index (χ4n) is 11.3. The van der Waals surface area contributed by atoms with Gasteiger partial charge >= 0.3 is 53.7 Å². The van der Waals surface area contributed by atoms with Crippen molar-refractivity contribution < 1.29 is 194 Å². The van der Waals surface area contributed by atoms with Crippen LogP contribution in [0.1, 0.15) is 79.2 Å². The van der Waals surface area contributed by atoms with Crippen LogP contribution in [0.15, 0.2) is 121 Å². The molecule has 0 amide bonds. The molecule has 0 radical (unpaired) electrons. The first-order chi connectivity index (χ1) is 52.3. The van der Waals surface area contributed by atoms with Crippen molar-refractivity contribution >= 4 is 84.1 Å². The Morgan fingerprint density at radius 1 is 0.286 bits per heavy atom. The number of carboxylic acid groups (broad SMARTS) is 4. The van der Waals surface area contributed by atoms with E-state index in [1.807, 2.05) is 0 Å². The SMILES string of the molecule is O=C(/C=C/c1ccc(O)c(O)c1)O[C@@H]1C[C@@](O)(C(=O)O)C[C@@H](O)[C@@H]1O.O=C(/C=C/c1ccc(O)c(O)c1)O[C@@H]1C[C@](O)(C(=O)O)C[C@@H](O)[C@H]1O.O=C(/C=C/c1ccc(O)c(O)c1)O[C@@H]1C[C@](OC(=O)/C=C/c2ccc(O)c(O)c2)(C(=O)O)C[C@@H](O)[C@H]1O.O=C(C=Cc1ccc(O)c(O)c1)OC1[C@H](O)CC(O)(C(=O)O)C[C@H]1O. The molecule has 25 N–H and O–H groups in total. The fourth-order valence-corrected chi connectivity index (χ4v) is 11.3. The van der Waals surface area contributed by atoms with Crippen LogP contribution in [-0.2, 0) is 66.8 Å². The summed E-state index contributed by atoms with van der Waals surface area (Å²) in [5, 5.41) is 239. The minimum absolute atomic E-state index is 0.288. The van der Waals surface area contributed by atoms with Gasteiger partial charge in [0.1, 0.15) is 36.6 Å². The average molecular weight is 1580 g/mol. The Balaban J connectivity index is 0.000000237. The highest BCUT2D eigenvalue weighted by Gasteiger charge is 2.56. The van der Waals surface area contributed by atoms with Crippen molar-refractivity contribution in [3.05, 3.63) is 149 Å². The molecule has 112 heavy (non-hydrogen) atoms. The molecule has 0 bridgehead atoms. The summed E-state index contributed by atoms with van der Waals surface area (Å²) < 4.78 is 25.0. The van der Waals surface area contributed by atoms with Crippen molar-refractivity contribution in [2.75, 3.05) is 0 Å². The fraction of sp³-hybridized carbons (Fsp3) is 0.329. The summed E-state index contributed by atoms with van der Waals surface area (Å²) in [4.78, 5) is 105. The number of aliphatic hydroxyl groups excluding tert-OH is 8. The number of aliphatic hydroxyl groups is 11. The molecule has 0 heterocycles. The quantitative estimate of drug-likeness (QED) is 0.0206. The summed E-state index contributed by atoms with van der Waals surface area (Å²) in [5.74, 6) is -15.1. The predicted octanol–water partition coefficient (Wildman–Crippen LogP) is -0.908. The van der Waals surface area contributed by atoms with E-state index in [-0.39, 0.29) is 51.6 Å². The molecule has 0 aromatic heterocycles. The number of hydrogen-bond donors (Lipinski definition) is 25. The number of aliphatic carboxylic acids is 4. The van der Waals surface area contributed by atoms with Gasteiger partial charge in [0, 0.05) is 81.7 Å². The Kier molecular flexibility index (Phi) is 29.9. The second-order valence-corrected chi connectivity index (χ2v) is 25.9. The van der Waals surface area contributed by atoms with Crippen LogP contribution >= 0.6 is 0 Å². The van der Waals surface area contributed by atoms with Crippen LogP contribution in [-0.4, -0.2) is 277 Å². The van der Waals surface area contributed by atoms with Gasteiger partial charge in [-0.1, -0.05) is 30.3 Å². The number of rotatable bonds is 19. The van der Waals surface area contributed by atoms with Crippen LogP contribution in [0.25, 0.3) is 30.4 Å². The van der Waals surface area contributed by atoms with Crippen molar-refractivity contribution in [3.63, 3.8) is 0 Å². The topological polar surface area (TPSA) is 706 Å². The Hall–Kier alpha value is -12.4. The number of carbonyl (C=O) groups excluding carboxylic acids is 5. The predicted molar refractivity (Wildman–Crippen MR) is 373 cm³/mol. The zero-order valence-electron chi connectivity index (χ0n) is 57.9. The number of hydrogen-bond acceptors (Lipinski definition) is 35. The average Bonchev–Trinajstić information content (AvgIpc) is 0.800. The van der Waals surface area contributed by atoms with Crippen molar-refractivity contribution in [2.45, 2.75) is 147 Å². The van der Waals surface area contributed by atoms with Gasteiger partial charge in [0.2, 0.25) is 5.60 Å². The number of ether oxygens (including phenoxy) is 5. The van der Waals surface area contributed by atoms with Gasteiger partial charge < -0.3 is 151 Å². The Bertz CT molecular complexity index is 4300. The molecule has 5 aromatic rings. The van der Waals surface area contributed by atoms with Gasteiger partial charge in [0.05, 0.1) is 30.5 Å². The lowest BCUT2D eigenvalue weighted by Crippen LogP contribution is -2.58. The van der Waals surface area contributed by atoms with Crippen LogP contribution in [0.4, 0.5) is 0 Å². The standard InChI is InChI=1S/C25H24O12.3C16H18O9/c26-15-5-1-13(9-17(15)28)3-7-21(31)36-20-12-25(24(34)35,11-19(30)23(20)33)37-22(32)8-4-14-2-6-16(27)18(29)10-14;2*17-9-3-1-8(5-10(9)18)2-4-13(20)25-12-7-16(24,15(22)23)6-11(19)14(12)21;17-9-3-1-8(5-10(9)18)2-4-13(21)25-14-11(19)6-16(24,15(22)23)7-12(14)20/h1-10,19-20,23,26-30,33H,11-12H2,(H,34,35);2*1-5,11-12,14,17-19,21,24H,6-7H2,(H,22,23);1-5,11-12,14,17-20,24H,6-7H2,(H,22,23)/b7-3+,8-4+;2*4-2+;/t19-,20-,23-,25+;11-,12-,14+,16-;11-,12-,14-,16+;11-,12-,14?,16?/m1111/s1. The Labute approximate surface area is 630 Å². The molecular formula is C73H78O39. The summed E-state index contributed by atoms with van der Waals surface area (Å²) in [6.45, 7) is 0. The highest BCUT2D eigenvalue weighted by Crippen LogP contribution is 2.39. The van der Waals surface area contributed by atoms with E-state index in [9.17, 15) is 155 Å². The number of phenols is 10.